The van der Waals surface area contributed by atoms with Gasteiger partial charge < -0.3 is 10.2 Å². The van der Waals surface area contributed by atoms with Crippen molar-refractivity contribution in [2.24, 2.45) is 11.3 Å². The van der Waals surface area contributed by atoms with Crippen molar-refractivity contribution in [1.82, 2.24) is 4.90 Å². The molecule has 1 saturated heterocycles. The largest absolute Gasteiger partial charge is 0.364 e. The molecule has 18 heavy (non-hydrogen) atoms. The van der Waals surface area contributed by atoms with Gasteiger partial charge in [0.1, 0.15) is 0 Å². The van der Waals surface area contributed by atoms with Gasteiger partial charge in [-0.1, -0.05) is 13.8 Å². The number of aliphatic hydroxyl groups is 2. The maximum Gasteiger partial charge on any atom is 0.252 e. The van der Waals surface area contributed by atoms with E-state index in [4.69, 9.17) is 0 Å². The molecular formula is C13H23F2NO2. The summed E-state index contributed by atoms with van der Waals surface area (Å²) in [5, 5.41) is 20.1. The fourth-order valence-electron chi connectivity index (χ4n) is 3.26. The van der Waals surface area contributed by atoms with Crippen molar-refractivity contribution in [3.05, 3.63) is 0 Å². The molecule has 2 rings (SSSR count). The Hall–Kier alpha value is -0.260. The lowest BCUT2D eigenvalue weighted by Crippen LogP contribution is -2.64. The van der Waals surface area contributed by atoms with Gasteiger partial charge in [-0.05, 0) is 32.2 Å². The maximum absolute atomic E-state index is 13.0. The van der Waals surface area contributed by atoms with Gasteiger partial charge >= 0.3 is 0 Å². The van der Waals surface area contributed by atoms with Gasteiger partial charge in [0.25, 0.3) is 5.92 Å². The smallest absolute Gasteiger partial charge is 0.252 e. The summed E-state index contributed by atoms with van der Waals surface area (Å²) in [5.41, 5.74) is -1.23. The van der Waals surface area contributed by atoms with E-state index in [0.29, 0.717) is 6.54 Å². The second-order valence-electron chi connectivity index (χ2n) is 6.84. The predicted molar refractivity (Wildman–Crippen MR) is 64.3 cm³/mol. The Morgan fingerprint density at radius 2 is 1.78 bits per heavy atom. The molecule has 2 atom stereocenters. The van der Waals surface area contributed by atoms with Crippen LogP contribution in [-0.2, 0) is 0 Å². The molecule has 2 fully saturated rings. The van der Waals surface area contributed by atoms with Gasteiger partial charge in [-0.3, -0.25) is 4.90 Å². The highest BCUT2D eigenvalue weighted by Crippen LogP contribution is 2.54. The molecule has 0 bridgehead atoms. The third-order valence-corrected chi connectivity index (χ3v) is 5.28. The fraction of sp³-hybridized carbons (Fsp3) is 1.00. The molecule has 106 valence electrons. The highest BCUT2D eigenvalue weighted by molar-refractivity contribution is 5.12. The quantitative estimate of drug-likeness (QED) is 0.764. The molecule has 0 aromatic rings. The first-order valence-corrected chi connectivity index (χ1v) is 6.49. The van der Waals surface area contributed by atoms with Gasteiger partial charge in [-0.25, -0.2) is 8.78 Å². The van der Waals surface area contributed by atoms with Crippen LogP contribution in [0.2, 0.25) is 0 Å². The lowest BCUT2D eigenvalue weighted by Gasteiger charge is -2.50. The van der Waals surface area contributed by atoms with E-state index < -0.39 is 23.2 Å². The van der Waals surface area contributed by atoms with Crippen LogP contribution in [0.25, 0.3) is 0 Å². The molecule has 0 spiro atoms. The van der Waals surface area contributed by atoms with Crippen LogP contribution in [0.3, 0.4) is 0 Å². The van der Waals surface area contributed by atoms with Crippen molar-refractivity contribution in [1.29, 1.82) is 0 Å². The summed E-state index contributed by atoms with van der Waals surface area (Å²) in [4.78, 5) is 1.83. The molecule has 2 aliphatic rings. The third kappa shape index (κ3) is 1.87. The van der Waals surface area contributed by atoms with Crippen molar-refractivity contribution in [2.75, 3.05) is 13.1 Å². The van der Waals surface area contributed by atoms with E-state index in [2.05, 4.69) is 0 Å². The monoisotopic (exact) mass is 263 g/mol. The molecule has 0 aromatic carbocycles. The van der Waals surface area contributed by atoms with E-state index in [-0.39, 0.29) is 18.4 Å². The van der Waals surface area contributed by atoms with Crippen LogP contribution in [0.5, 0.6) is 0 Å². The molecule has 1 aliphatic carbocycles. The Kier molecular flexibility index (Phi) is 2.87. The van der Waals surface area contributed by atoms with Crippen LogP contribution in [0, 0.1) is 11.3 Å². The summed E-state index contributed by atoms with van der Waals surface area (Å²) in [6.45, 7) is 7.90. The van der Waals surface area contributed by atoms with Crippen LogP contribution in [-0.4, -0.2) is 45.5 Å². The number of halogens is 2. The third-order valence-electron chi connectivity index (χ3n) is 5.28. The standard InChI is InChI=1S/C13H23F2NO2/c1-10(2)5-6-16(8-9-7-13(9,14)15)11(10,3)12(4,17)18/h9,17-18H,5-8H2,1-4H3. The van der Waals surface area contributed by atoms with Crippen LogP contribution in [0.1, 0.15) is 40.5 Å². The van der Waals surface area contributed by atoms with Crippen LogP contribution < -0.4 is 0 Å². The lowest BCUT2D eigenvalue weighted by molar-refractivity contribution is -0.248. The summed E-state index contributed by atoms with van der Waals surface area (Å²) in [6, 6.07) is 0. The molecule has 3 nitrogen and oxygen atoms in total. The van der Waals surface area contributed by atoms with Crippen LogP contribution in [0.4, 0.5) is 8.78 Å². The maximum atomic E-state index is 13.0. The Balaban J connectivity index is 2.21. The Morgan fingerprint density at radius 1 is 1.28 bits per heavy atom. The minimum absolute atomic E-state index is 0.0758. The second-order valence-corrected chi connectivity index (χ2v) is 6.84. The second kappa shape index (κ2) is 3.64. The van der Waals surface area contributed by atoms with Crippen LogP contribution >= 0.6 is 0 Å². The Labute approximate surface area is 107 Å². The lowest BCUT2D eigenvalue weighted by atomic mass is 9.69. The fourth-order valence-corrected chi connectivity index (χ4v) is 3.26. The molecule has 0 amide bonds. The first kappa shape index (κ1) is 14.2. The number of hydrogen-bond donors (Lipinski definition) is 2. The molecular weight excluding hydrogens is 240 g/mol. The van der Waals surface area contributed by atoms with Gasteiger partial charge in [0.15, 0.2) is 5.79 Å². The Morgan fingerprint density at radius 3 is 2.17 bits per heavy atom. The van der Waals surface area contributed by atoms with Crippen molar-refractivity contribution in [3.63, 3.8) is 0 Å². The van der Waals surface area contributed by atoms with E-state index in [0.717, 1.165) is 6.42 Å². The van der Waals surface area contributed by atoms with Crippen molar-refractivity contribution < 1.29 is 19.0 Å². The van der Waals surface area contributed by atoms with Gasteiger partial charge in [0.2, 0.25) is 0 Å². The minimum atomic E-state index is -2.56. The van der Waals surface area contributed by atoms with E-state index in [9.17, 15) is 19.0 Å². The molecule has 5 heteroatoms. The van der Waals surface area contributed by atoms with Crippen molar-refractivity contribution in [3.8, 4) is 0 Å². The van der Waals surface area contributed by atoms with Gasteiger partial charge in [0.05, 0.1) is 5.54 Å². The summed E-state index contributed by atoms with van der Waals surface area (Å²) in [6.07, 6.45) is 0.700. The minimum Gasteiger partial charge on any atom is -0.364 e. The van der Waals surface area contributed by atoms with Gasteiger partial charge in [0, 0.05) is 18.9 Å². The molecule has 0 aromatic heterocycles. The zero-order valence-corrected chi connectivity index (χ0v) is 11.5. The van der Waals surface area contributed by atoms with Crippen molar-refractivity contribution in [2.45, 2.75) is 57.8 Å². The van der Waals surface area contributed by atoms with Crippen molar-refractivity contribution >= 4 is 0 Å². The summed E-state index contributed by atoms with van der Waals surface area (Å²) < 4.78 is 26.1. The Bertz CT molecular complexity index is 351. The first-order chi connectivity index (χ1) is 7.92. The van der Waals surface area contributed by atoms with E-state index in [1.54, 1.807) is 6.92 Å². The van der Waals surface area contributed by atoms with E-state index >= 15 is 0 Å². The number of nitrogens with zero attached hydrogens (tertiary/aromatic N) is 1. The molecule has 2 unspecified atom stereocenters. The molecule has 1 heterocycles. The average Bonchev–Trinajstić information content (AvgIpc) is 2.69. The highest BCUT2D eigenvalue weighted by Gasteiger charge is 2.64. The summed E-state index contributed by atoms with van der Waals surface area (Å²) in [5.74, 6) is -5.10. The zero-order valence-electron chi connectivity index (χ0n) is 11.5. The summed E-state index contributed by atoms with van der Waals surface area (Å²) in [7, 11) is 0. The normalized spacial score (nSPS) is 39.0. The zero-order chi connectivity index (χ0) is 14.0. The molecule has 2 N–H and O–H groups in total. The number of hydrogen-bond acceptors (Lipinski definition) is 3. The van der Waals surface area contributed by atoms with E-state index in [1.807, 2.05) is 18.7 Å². The SMILES string of the molecule is CC(O)(O)C1(C)N(CC2CC2(F)F)CCC1(C)C. The van der Waals surface area contributed by atoms with Gasteiger partial charge in [-0.15, -0.1) is 0 Å². The average molecular weight is 263 g/mol. The van der Waals surface area contributed by atoms with Gasteiger partial charge in [-0.2, -0.15) is 0 Å². The molecule has 1 saturated carbocycles. The van der Waals surface area contributed by atoms with Crippen LogP contribution in [0.15, 0.2) is 0 Å². The first-order valence-electron chi connectivity index (χ1n) is 6.49. The predicted octanol–water partition coefficient (Wildman–Crippen LogP) is 1.83. The molecule has 1 aliphatic heterocycles. The number of likely N-dealkylation sites (tertiary alicyclic amines) is 1. The highest BCUT2D eigenvalue weighted by atomic mass is 19.3. The topological polar surface area (TPSA) is 43.7 Å². The van der Waals surface area contributed by atoms with E-state index in [1.165, 1.54) is 6.92 Å². The number of rotatable bonds is 3. The summed E-state index contributed by atoms with van der Waals surface area (Å²) >= 11 is 0. The molecule has 0 radical (unpaired) electrons. The number of alkyl halides is 2.